The van der Waals surface area contributed by atoms with E-state index in [2.05, 4.69) is 28.9 Å². The first-order chi connectivity index (χ1) is 7.18. The third-order valence-electron chi connectivity index (χ3n) is 2.45. The fourth-order valence-corrected chi connectivity index (χ4v) is 1.93. The summed E-state index contributed by atoms with van der Waals surface area (Å²) in [6.07, 6.45) is 0. The lowest BCUT2D eigenvalue weighted by Crippen LogP contribution is -1.83. The van der Waals surface area contributed by atoms with Crippen molar-refractivity contribution in [2.24, 2.45) is 0 Å². The Hall–Kier alpha value is -1.28. The molecule has 1 N–H and O–H groups in total. The smallest absolute Gasteiger partial charge is 0.115 e. The maximum Gasteiger partial charge on any atom is 0.115 e. The van der Waals surface area contributed by atoms with Crippen LogP contribution in [0.5, 0.6) is 5.75 Å². The molecule has 0 saturated carbocycles. The van der Waals surface area contributed by atoms with Crippen LogP contribution in [-0.2, 0) is 0 Å². The molecular formula is C13H11BrO. The molecule has 0 aromatic heterocycles. The Kier molecular flexibility index (Phi) is 2.78. The predicted octanol–water partition coefficient (Wildman–Crippen LogP) is 4.13. The second kappa shape index (κ2) is 4.07. The first-order valence-corrected chi connectivity index (χ1v) is 5.52. The topological polar surface area (TPSA) is 20.2 Å². The van der Waals surface area contributed by atoms with Crippen LogP contribution in [0.25, 0.3) is 11.1 Å². The third-order valence-corrected chi connectivity index (χ3v) is 3.31. The molecule has 0 saturated heterocycles. The minimum Gasteiger partial charge on any atom is -0.508 e. The molecule has 0 aliphatic carbocycles. The molecule has 0 atom stereocenters. The van der Waals surface area contributed by atoms with Gasteiger partial charge in [0.2, 0.25) is 0 Å². The number of rotatable bonds is 1. The van der Waals surface area contributed by atoms with Crippen molar-refractivity contribution in [3.8, 4) is 16.9 Å². The molecule has 0 bridgehead atoms. The van der Waals surface area contributed by atoms with Crippen LogP contribution in [0.3, 0.4) is 0 Å². The summed E-state index contributed by atoms with van der Waals surface area (Å²) in [5.41, 5.74) is 3.51. The molecule has 0 radical (unpaired) electrons. The van der Waals surface area contributed by atoms with Gasteiger partial charge < -0.3 is 5.11 Å². The van der Waals surface area contributed by atoms with Crippen LogP contribution in [0.1, 0.15) is 5.56 Å². The van der Waals surface area contributed by atoms with E-state index < -0.39 is 0 Å². The van der Waals surface area contributed by atoms with E-state index in [-0.39, 0.29) is 0 Å². The highest BCUT2D eigenvalue weighted by atomic mass is 79.9. The van der Waals surface area contributed by atoms with Crippen LogP contribution in [0.15, 0.2) is 46.9 Å². The first kappa shape index (κ1) is 10.2. The van der Waals surface area contributed by atoms with Crippen molar-refractivity contribution in [3.05, 3.63) is 52.5 Å². The number of halogens is 1. The van der Waals surface area contributed by atoms with E-state index in [9.17, 15) is 5.11 Å². The highest BCUT2D eigenvalue weighted by molar-refractivity contribution is 9.10. The Morgan fingerprint density at radius 3 is 2.33 bits per heavy atom. The number of phenolic OH excluding ortho intramolecular Hbond substituents is 1. The molecule has 15 heavy (non-hydrogen) atoms. The summed E-state index contributed by atoms with van der Waals surface area (Å²) >= 11 is 3.51. The van der Waals surface area contributed by atoms with Gasteiger partial charge in [-0.15, -0.1) is 0 Å². The predicted molar refractivity (Wildman–Crippen MR) is 66.0 cm³/mol. The summed E-state index contributed by atoms with van der Waals surface area (Å²) in [5, 5.41) is 9.22. The molecule has 1 nitrogen and oxygen atoms in total. The fraction of sp³-hybridized carbons (Fsp3) is 0.0769. The van der Waals surface area contributed by atoms with E-state index in [4.69, 9.17) is 0 Å². The zero-order valence-corrected chi connectivity index (χ0v) is 9.95. The van der Waals surface area contributed by atoms with Gasteiger partial charge in [0.15, 0.2) is 0 Å². The van der Waals surface area contributed by atoms with Gasteiger partial charge in [-0.25, -0.2) is 0 Å². The molecule has 2 rings (SSSR count). The summed E-state index contributed by atoms with van der Waals surface area (Å²) in [7, 11) is 0. The molecule has 2 aromatic carbocycles. The molecule has 0 aliphatic heterocycles. The monoisotopic (exact) mass is 262 g/mol. The third kappa shape index (κ3) is 2.05. The molecule has 0 heterocycles. The molecule has 0 spiro atoms. The van der Waals surface area contributed by atoms with E-state index in [1.807, 2.05) is 24.3 Å². The van der Waals surface area contributed by atoms with E-state index in [1.54, 1.807) is 12.1 Å². The summed E-state index contributed by atoms with van der Waals surface area (Å²) in [5.74, 6) is 0.298. The maximum atomic E-state index is 9.22. The number of hydrogen-bond donors (Lipinski definition) is 1. The maximum absolute atomic E-state index is 9.22. The lowest BCUT2D eigenvalue weighted by Gasteiger charge is -2.07. The van der Waals surface area contributed by atoms with E-state index in [0.717, 1.165) is 10.0 Å². The second-order valence-electron chi connectivity index (χ2n) is 3.46. The zero-order valence-electron chi connectivity index (χ0n) is 8.37. The average Bonchev–Trinajstić information content (AvgIpc) is 2.24. The highest BCUT2D eigenvalue weighted by Gasteiger charge is 2.03. The lowest BCUT2D eigenvalue weighted by molar-refractivity contribution is 0.475. The Balaban J connectivity index is 2.54. The number of phenols is 1. The standard InChI is InChI=1S/C13H11BrO/c1-9-12(3-2-4-13(9)14)10-5-7-11(15)8-6-10/h2-8,15H,1H3. The van der Waals surface area contributed by atoms with Crippen LogP contribution >= 0.6 is 15.9 Å². The largest absolute Gasteiger partial charge is 0.508 e. The van der Waals surface area contributed by atoms with Gasteiger partial charge in [0.05, 0.1) is 0 Å². The van der Waals surface area contributed by atoms with Crippen molar-refractivity contribution in [1.82, 2.24) is 0 Å². The van der Waals surface area contributed by atoms with Crippen molar-refractivity contribution in [1.29, 1.82) is 0 Å². The number of hydrogen-bond acceptors (Lipinski definition) is 1. The molecular weight excluding hydrogens is 252 g/mol. The molecule has 0 aliphatic rings. The van der Waals surface area contributed by atoms with E-state index >= 15 is 0 Å². The Labute approximate surface area is 97.5 Å². The summed E-state index contributed by atoms with van der Waals surface area (Å²) < 4.78 is 1.10. The quantitative estimate of drug-likeness (QED) is 0.820. The summed E-state index contributed by atoms with van der Waals surface area (Å²) in [6, 6.07) is 13.4. The van der Waals surface area contributed by atoms with Crippen LogP contribution in [0, 0.1) is 6.92 Å². The average molecular weight is 263 g/mol. The Bertz CT molecular complexity index is 474. The lowest BCUT2D eigenvalue weighted by atomic mass is 10.0. The molecule has 2 heteroatoms. The van der Waals surface area contributed by atoms with E-state index in [0.29, 0.717) is 5.75 Å². The van der Waals surface area contributed by atoms with Gasteiger partial charge >= 0.3 is 0 Å². The van der Waals surface area contributed by atoms with Gasteiger partial charge in [-0.05, 0) is 41.8 Å². The van der Waals surface area contributed by atoms with Crippen LogP contribution < -0.4 is 0 Å². The normalized spacial score (nSPS) is 10.3. The zero-order chi connectivity index (χ0) is 10.8. The number of benzene rings is 2. The van der Waals surface area contributed by atoms with Gasteiger partial charge in [0, 0.05) is 4.47 Å². The van der Waals surface area contributed by atoms with Gasteiger partial charge in [-0.2, -0.15) is 0 Å². The van der Waals surface area contributed by atoms with Gasteiger partial charge in [0.25, 0.3) is 0 Å². The molecule has 0 fully saturated rings. The second-order valence-corrected chi connectivity index (χ2v) is 4.31. The van der Waals surface area contributed by atoms with Crippen molar-refractivity contribution < 1.29 is 5.11 Å². The minimum atomic E-state index is 0.298. The molecule has 76 valence electrons. The van der Waals surface area contributed by atoms with Gasteiger partial charge in [0.1, 0.15) is 5.75 Å². The van der Waals surface area contributed by atoms with Crippen LogP contribution in [0.2, 0.25) is 0 Å². The fourth-order valence-electron chi connectivity index (χ4n) is 1.56. The van der Waals surface area contributed by atoms with Gasteiger partial charge in [-0.3, -0.25) is 0 Å². The highest BCUT2D eigenvalue weighted by Crippen LogP contribution is 2.29. The first-order valence-electron chi connectivity index (χ1n) is 4.73. The van der Waals surface area contributed by atoms with Crippen molar-refractivity contribution in [2.75, 3.05) is 0 Å². The summed E-state index contributed by atoms with van der Waals surface area (Å²) in [4.78, 5) is 0. The molecule has 0 amide bonds. The molecule has 2 aromatic rings. The van der Waals surface area contributed by atoms with Crippen molar-refractivity contribution in [2.45, 2.75) is 6.92 Å². The Morgan fingerprint density at radius 1 is 1.00 bits per heavy atom. The minimum absolute atomic E-state index is 0.298. The Morgan fingerprint density at radius 2 is 1.67 bits per heavy atom. The SMILES string of the molecule is Cc1c(Br)cccc1-c1ccc(O)cc1. The van der Waals surface area contributed by atoms with Gasteiger partial charge in [-0.1, -0.05) is 40.2 Å². The summed E-state index contributed by atoms with van der Waals surface area (Å²) in [6.45, 7) is 2.08. The van der Waals surface area contributed by atoms with Crippen molar-refractivity contribution >= 4 is 15.9 Å². The molecule has 0 unspecified atom stereocenters. The van der Waals surface area contributed by atoms with Crippen LogP contribution in [-0.4, -0.2) is 5.11 Å². The van der Waals surface area contributed by atoms with Crippen molar-refractivity contribution in [3.63, 3.8) is 0 Å². The number of aromatic hydroxyl groups is 1. The van der Waals surface area contributed by atoms with E-state index in [1.165, 1.54) is 11.1 Å². The van der Waals surface area contributed by atoms with Crippen LogP contribution in [0.4, 0.5) is 0 Å².